The van der Waals surface area contributed by atoms with Gasteiger partial charge in [-0.25, -0.2) is 4.98 Å². The molecule has 1 N–H and O–H groups in total. The predicted molar refractivity (Wildman–Crippen MR) is 72.5 cm³/mol. The van der Waals surface area contributed by atoms with E-state index in [0.717, 1.165) is 30.1 Å². The molecule has 0 aromatic carbocycles. The zero-order chi connectivity index (χ0) is 14.3. The van der Waals surface area contributed by atoms with Crippen molar-refractivity contribution < 1.29 is 13.2 Å². The van der Waals surface area contributed by atoms with Gasteiger partial charge in [-0.05, 0) is 32.7 Å². The third kappa shape index (κ3) is 7.52. The Morgan fingerprint density at radius 1 is 1.42 bits per heavy atom. The highest BCUT2D eigenvalue weighted by molar-refractivity contribution is 7.09. The Morgan fingerprint density at radius 3 is 2.68 bits per heavy atom. The molecule has 0 aliphatic carbocycles. The Balaban J connectivity index is 2.42. The van der Waals surface area contributed by atoms with Crippen LogP contribution in [0.25, 0.3) is 0 Å². The number of hydrogen-bond donors (Lipinski definition) is 1. The van der Waals surface area contributed by atoms with Gasteiger partial charge in [-0.2, -0.15) is 13.2 Å². The quantitative estimate of drug-likeness (QED) is 0.781. The summed E-state index contributed by atoms with van der Waals surface area (Å²) in [7, 11) is 0. The minimum absolute atomic E-state index is 0.0906. The van der Waals surface area contributed by atoms with Crippen molar-refractivity contribution in [1.29, 1.82) is 0 Å². The molecule has 1 heterocycles. The third-order valence-corrected chi connectivity index (χ3v) is 3.77. The Morgan fingerprint density at radius 2 is 2.16 bits per heavy atom. The van der Waals surface area contributed by atoms with E-state index in [9.17, 15) is 13.2 Å². The van der Waals surface area contributed by atoms with Crippen molar-refractivity contribution in [3.05, 3.63) is 16.1 Å². The zero-order valence-corrected chi connectivity index (χ0v) is 12.2. The number of nitrogens with zero attached hydrogens (tertiary/aromatic N) is 1. The first-order chi connectivity index (χ1) is 8.90. The molecule has 0 radical (unpaired) electrons. The van der Waals surface area contributed by atoms with Gasteiger partial charge >= 0.3 is 6.18 Å². The first kappa shape index (κ1) is 16.4. The number of hydrogen-bond acceptors (Lipinski definition) is 3. The van der Waals surface area contributed by atoms with Gasteiger partial charge in [-0.3, -0.25) is 0 Å². The Bertz CT molecular complexity index is 363. The SMILES string of the molecule is CCCNC(CCCC(F)(F)F)Cc1nc(C)cs1. The number of alkyl halides is 3. The molecule has 1 atom stereocenters. The standard InChI is InChI=1S/C13H21F3N2S/c1-3-7-17-11(5-4-6-13(14,15)16)8-12-18-10(2)9-19-12/h9,11,17H,3-8H2,1-2H3. The van der Waals surface area contributed by atoms with Gasteiger partial charge in [-0.1, -0.05) is 6.92 Å². The molecule has 19 heavy (non-hydrogen) atoms. The molecule has 0 aliphatic heterocycles. The highest BCUT2D eigenvalue weighted by Gasteiger charge is 2.26. The largest absolute Gasteiger partial charge is 0.389 e. The van der Waals surface area contributed by atoms with Crippen molar-refractivity contribution in [1.82, 2.24) is 10.3 Å². The lowest BCUT2D eigenvalue weighted by Gasteiger charge is -2.17. The van der Waals surface area contributed by atoms with E-state index in [0.29, 0.717) is 6.42 Å². The van der Waals surface area contributed by atoms with Crippen LogP contribution in [0.3, 0.4) is 0 Å². The molecule has 0 saturated carbocycles. The summed E-state index contributed by atoms with van der Waals surface area (Å²) in [6.45, 7) is 4.81. The first-order valence-corrected chi connectivity index (χ1v) is 7.50. The van der Waals surface area contributed by atoms with E-state index in [-0.39, 0.29) is 12.5 Å². The average Bonchev–Trinajstić information content (AvgIpc) is 2.70. The summed E-state index contributed by atoms with van der Waals surface area (Å²) in [5, 5.41) is 6.29. The van der Waals surface area contributed by atoms with E-state index in [1.165, 1.54) is 0 Å². The lowest BCUT2D eigenvalue weighted by molar-refractivity contribution is -0.135. The van der Waals surface area contributed by atoms with E-state index in [1.807, 2.05) is 19.2 Å². The van der Waals surface area contributed by atoms with E-state index in [2.05, 4.69) is 10.3 Å². The van der Waals surface area contributed by atoms with Gasteiger partial charge in [0.2, 0.25) is 0 Å². The smallest absolute Gasteiger partial charge is 0.314 e. The molecule has 0 bridgehead atoms. The maximum atomic E-state index is 12.2. The van der Waals surface area contributed by atoms with Crippen LogP contribution in [0.4, 0.5) is 13.2 Å². The second-order valence-corrected chi connectivity index (χ2v) is 5.69. The Labute approximate surface area is 116 Å². The molecule has 110 valence electrons. The van der Waals surface area contributed by atoms with Crippen LogP contribution in [0.15, 0.2) is 5.38 Å². The van der Waals surface area contributed by atoms with Crippen LogP contribution in [0, 0.1) is 6.92 Å². The molecule has 2 nitrogen and oxygen atoms in total. The lowest BCUT2D eigenvalue weighted by Crippen LogP contribution is -2.32. The van der Waals surface area contributed by atoms with Crippen molar-refractivity contribution in [2.24, 2.45) is 0 Å². The summed E-state index contributed by atoms with van der Waals surface area (Å²) in [5.74, 6) is 0. The molecular formula is C13H21F3N2S. The van der Waals surface area contributed by atoms with Crippen LogP contribution in [0.5, 0.6) is 0 Å². The second-order valence-electron chi connectivity index (χ2n) is 4.75. The molecule has 1 unspecified atom stereocenters. The highest BCUT2D eigenvalue weighted by atomic mass is 32.1. The van der Waals surface area contributed by atoms with Crippen molar-refractivity contribution in [2.45, 2.75) is 58.2 Å². The minimum atomic E-state index is -4.05. The van der Waals surface area contributed by atoms with E-state index in [1.54, 1.807) is 11.3 Å². The van der Waals surface area contributed by atoms with Crippen molar-refractivity contribution >= 4 is 11.3 Å². The maximum absolute atomic E-state index is 12.2. The van der Waals surface area contributed by atoms with E-state index in [4.69, 9.17) is 0 Å². The van der Waals surface area contributed by atoms with Crippen molar-refractivity contribution in [2.75, 3.05) is 6.54 Å². The fourth-order valence-electron chi connectivity index (χ4n) is 1.88. The average molecular weight is 294 g/mol. The molecule has 1 aromatic heterocycles. The summed E-state index contributed by atoms with van der Waals surface area (Å²) in [5.41, 5.74) is 0.976. The Kier molecular flexibility index (Phi) is 6.79. The number of rotatable bonds is 8. The number of aromatic nitrogens is 1. The maximum Gasteiger partial charge on any atom is 0.389 e. The molecule has 0 saturated heterocycles. The number of nitrogens with one attached hydrogen (secondary N) is 1. The summed E-state index contributed by atoms with van der Waals surface area (Å²) in [6, 6.07) is 0.0906. The Hall–Kier alpha value is -0.620. The fraction of sp³-hybridized carbons (Fsp3) is 0.769. The van der Waals surface area contributed by atoms with Gasteiger partial charge in [0.1, 0.15) is 0 Å². The number of thiazole rings is 1. The third-order valence-electron chi connectivity index (χ3n) is 2.78. The molecule has 1 rings (SSSR count). The van der Waals surface area contributed by atoms with Crippen LogP contribution < -0.4 is 5.32 Å². The van der Waals surface area contributed by atoms with Crippen LogP contribution in [-0.4, -0.2) is 23.7 Å². The highest BCUT2D eigenvalue weighted by Crippen LogP contribution is 2.23. The van der Waals surface area contributed by atoms with Crippen LogP contribution >= 0.6 is 11.3 Å². The minimum Gasteiger partial charge on any atom is -0.314 e. The van der Waals surface area contributed by atoms with E-state index >= 15 is 0 Å². The van der Waals surface area contributed by atoms with Crippen molar-refractivity contribution in [3.63, 3.8) is 0 Å². The summed E-state index contributed by atoms with van der Waals surface area (Å²) in [6.07, 6.45) is -2.34. The fourth-order valence-corrected chi connectivity index (χ4v) is 2.73. The predicted octanol–water partition coefficient (Wildman–Crippen LogP) is 4.09. The van der Waals surface area contributed by atoms with Crippen LogP contribution in [0.1, 0.15) is 43.3 Å². The normalized spacial score (nSPS) is 13.7. The zero-order valence-electron chi connectivity index (χ0n) is 11.4. The first-order valence-electron chi connectivity index (χ1n) is 6.62. The molecule has 0 aliphatic rings. The van der Waals surface area contributed by atoms with Crippen LogP contribution in [-0.2, 0) is 6.42 Å². The van der Waals surface area contributed by atoms with Gasteiger partial charge in [0.15, 0.2) is 0 Å². The van der Waals surface area contributed by atoms with Gasteiger partial charge in [-0.15, -0.1) is 11.3 Å². The topological polar surface area (TPSA) is 24.9 Å². The van der Waals surface area contributed by atoms with Crippen molar-refractivity contribution in [3.8, 4) is 0 Å². The number of halogens is 3. The number of aryl methyl sites for hydroxylation is 1. The molecule has 0 fully saturated rings. The van der Waals surface area contributed by atoms with Gasteiger partial charge in [0.25, 0.3) is 0 Å². The van der Waals surface area contributed by atoms with Gasteiger partial charge in [0, 0.05) is 30.0 Å². The molecule has 1 aromatic rings. The molecule has 0 amide bonds. The summed E-state index contributed by atoms with van der Waals surface area (Å²) in [4.78, 5) is 4.37. The van der Waals surface area contributed by atoms with Gasteiger partial charge in [0.05, 0.1) is 5.01 Å². The van der Waals surface area contributed by atoms with E-state index < -0.39 is 12.6 Å². The second kappa shape index (κ2) is 7.85. The summed E-state index contributed by atoms with van der Waals surface area (Å²) >= 11 is 1.58. The lowest BCUT2D eigenvalue weighted by atomic mass is 10.1. The molecule has 0 spiro atoms. The van der Waals surface area contributed by atoms with Gasteiger partial charge < -0.3 is 5.32 Å². The van der Waals surface area contributed by atoms with Crippen LogP contribution in [0.2, 0.25) is 0 Å². The summed E-state index contributed by atoms with van der Waals surface area (Å²) < 4.78 is 36.5. The molecule has 6 heteroatoms. The monoisotopic (exact) mass is 294 g/mol. The molecular weight excluding hydrogens is 273 g/mol.